The monoisotopic (exact) mass is 786 g/mol. The number of hydrogen-bond donors (Lipinski definition) is 0. The predicted octanol–water partition coefficient (Wildman–Crippen LogP) is 15.2. The normalized spacial score (nSPS) is 11.9. The average molecular weight is 787 g/mol. The molecule has 13 rings (SSSR count). The Bertz CT molecular complexity index is 3890. The Morgan fingerprint density at radius 2 is 0.661 bits per heavy atom. The summed E-state index contributed by atoms with van der Waals surface area (Å²) >= 11 is 0. The second-order valence-corrected chi connectivity index (χ2v) is 16.2. The molecule has 62 heavy (non-hydrogen) atoms. The van der Waals surface area contributed by atoms with Crippen LogP contribution in [0.1, 0.15) is 0 Å². The Labute approximate surface area is 356 Å². The summed E-state index contributed by atoms with van der Waals surface area (Å²) < 4.78 is 0. The summed E-state index contributed by atoms with van der Waals surface area (Å²) in [4.78, 5) is 20.7. The molecule has 0 aliphatic carbocycles. The van der Waals surface area contributed by atoms with Gasteiger partial charge in [0, 0.05) is 44.4 Å². The van der Waals surface area contributed by atoms with Crippen molar-refractivity contribution in [1.82, 2.24) is 19.9 Å². The summed E-state index contributed by atoms with van der Waals surface area (Å²) in [6.07, 6.45) is 1.85. The maximum atomic E-state index is 5.36. The third kappa shape index (κ3) is 5.40. The van der Waals surface area contributed by atoms with Crippen LogP contribution in [0, 0.1) is 0 Å². The van der Waals surface area contributed by atoms with Crippen molar-refractivity contribution in [2.45, 2.75) is 0 Å². The van der Waals surface area contributed by atoms with Gasteiger partial charge in [-0.15, -0.1) is 0 Å². The van der Waals surface area contributed by atoms with Crippen molar-refractivity contribution in [3.05, 3.63) is 206 Å². The van der Waals surface area contributed by atoms with Crippen molar-refractivity contribution in [2.24, 2.45) is 0 Å². The van der Waals surface area contributed by atoms with Gasteiger partial charge in [-0.2, -0.15) is 0 Å². The van der Waals surface area contributed by atoms with Crippen LogP contribution in [-0.2, 0) is 0 Å². The van der Waals surface area contributed by atoms with Gasteiger partial charge in [0.2, 0.25) is 0 Å². The first-order valence-corrected chi connectivity index (χ1v) is 21.0. The maximum Gasteiger partial charge on any atom is 0.0972 e. The molecule has 0 N–H and O–H groups in total. The van der Waals surface area contributed by atoms with Crippen molar-refractivity contribution in [3.8, 4) is 44.9 Å². The molecule has 4 heterocycles. The number of nitrogens with zero attached hydrogens (tertiary/aromatic N) is 4. The Morgan fingerprint density at radius 1 is 0.258 bits per heavy atom. The Hall–Kier alpha value is -8.34. The maximum absolute atomic E-state index is 5.36. The molecule has 4 aromatic heterocycles. The van der Waals surface area contributed by atoms with E-state index in [9.17, 15) is 0 Å². The number of rotatable bonds is 4. The first kappa shape index (κ1) is 34.5. The highest BCUT2D eigenvalue weighted by atomic mass is 14.8. The summed E-state index contributed by atoms with van der Waals surface area (Å²) in [6.45, 7) is 0. The van der Waals surface area contributed by atoms with Gasteiger partial charge in [-0.3, -0.25) is 4.98 Å². The summed E-state index contributed by atoms with van der Waals surface area (Å²) in [5.74, 6) is 0. The first-order valence-electron chi connectivity index (χ1n) is 21.0. The van der Waals surface area contributed by atoms with Crippen molar-refractivity contribution in [2.75, 3.05) is 0 Å². The fraction of sp³-hybridized carbons (Fsp3) is 0. The molecular formula is C58H34N4. The zero-order valence-corrected chi connectivity index (χ0v) is 33.4. The van der Waals surface area contributed by atoms with Crippen molar-refractivity contribution in [1.29, 1.82) is 0 Å². The average Bonchev–Trinajstić information content (AvgIpc) is 3.34. The molecule has 0 saturated heterocycles. The molecule has 0 spiro atoms. The van der Waals surface area contributed by atoms with Crippen LogP contribution in [0.3, 0.4) is 0 Å². The summed E-state index contributed by atoms with van der Waals surface area (Å²) in [7, 11) is 0. The van der Waals surface area contributed by atoms with Gasteiger partial charge in [-0.25, -0.2) is 15.0 Å². The fourth-order valence-electron chi connectivity index (χ4n) is 9.72. The van der Waals surface area contributed by atoms with Gasteiger partial charge in [-0.1, -0.05) is 146 Å². The Kier molecular flexibility index (Phi) is 7.57. The molecule has 0 unspecified atom stereocenters. The molecule has 13 aromatic rings. The molecule has 286 valence electrons. The fourth-order valence-corrected chi connectivity index (χ4v) is 9.72. The van der Waals surface area contributed by atoms with E-state index < -0.39 is 0 Å². The van der Waals surface area contributed by atoms with E-state index >= 15 is 0 Å². The molecule has 0 atom stereocenters. The lowest BCUT2D eigenvalue weighted by Crippen LogP contribution is -1.95. The van der Waals surface area contributed by atoms with E-state index in [1.165, 1.54) is 27.1 Å². The lowest BCUT2D eigenvalue weighted by molar-refractivity contribution is 1.38. The zero-order valence-electron chi connectivity index (χ0n) is 33.4. The van der Waals surface area contributed by atoms with Gasteiger partial charge in [0.15, 0.2) is 0 Å². The highest BCUT2D eigenvalue weighted by Gasteiger charge is 2.19. The minimum Gasteiger partial charge on any atom is -0.254 e. The van der Waals surface area contributed by atoms with Gasteiger partial charge in [0.25, 0.3) is 0 Å². The smallest absolute Gasteiger partial charge is 0.0972 e. The predicted molar refractivity (Wildman–Crippen MR) is 259 cm³/mol. The number of benzene rings is 9. The number of fused-ring (bicyclic) bond motifs is 9. The lowest BCUT2D eigenvalue weighted by Gasteiger charge is -2.17. The van der Waals surface area contributed by atoms with Crippen molar-refractivity contribution >= 4 is 86.7 Å². The molecule has 0 amide bonds. The molecule has 0 radical (unpaired) electrons. The summed E-state index contributed by atoms with van der Waals surface area (Å²) in [6, 6.07) is 71.4. The lowest BCUT2D eigenvalue weighted by atomic mass is 9.88. The second kappa shape index (κ2) is 13.6. The van der Waals surface area contributed by atoms with Gasteiger partial charge in [-0.05, 0) is 109 Å². The van der Waals surface area contributed by atoms with Crippen molar-refractivity contribution < 1.29 is 0 Å². The molecule has 9 aromatic carbocycles. The van der Waals surface area contributed by atoms with Gasteiger partial charge in [0.05, 0.1) is 39.1 Å². The molecule has 4 nitrogen and oxygen atoms in total. The number of hydrogen-bond acceptors (Lipinski definition) is 4. The van der Waals surface area contributed by atoms with Crippen LogP contribution in [0.15, 0.2) is 206 Å². The SMILES string of the molecule is c1ccc2c(-c3ccc4cc(-c5ccc6nc(-c7c8ccccc8c(-c8ccc9ccc%10cccnc%10c9n8)c8ccccc78)ccc6c5)ccc4n3)c3ccccc3cc2c1. The Balaban J connectivity index is 0.897. The standard InChI is InChI=1S/C58H34N4/c1-3-13-43-39(10-1)34-40-11-2-4-14-44(40)54(43)51-29-24-41-32-37(22-26-49(41)60-51)38-23-27-50-42(33-38)25-30-52(61-50)55-45-15-5-7-17-47(45)56(48-18-8-6-16-46(48)55)53-28-21-36-20-19-35-12-9-31-59-57(35)58(36)62-53/h1-34H. The van der Waals surface area contributed by atoms with E-state index in [0.29, 0.717) is 0 Å². The van der Waals surface area contributed by atoms with Gasteiger partial charge in [0.1, 0.15) is 0 Å². The molecule has 0 aliphatic rings. The number of pyridine rings is 4. The van der Waals surface area contributed by atoms with E-state index in [1.54, 1.807) is 0 Å². The van der Waals surface area contributed by atoms with Crippen LogP contribution in [0.5, 0.6) is 0 Å². The summed E-state index contributed by atoms with van der Waals surface area (Å²) in [5, 5.41) is 13.8. The number of aromatic nitrogens is 4. The quantitative estimate of drug-likeness (QED) is 0.132. The van der Waals surface area contributed by atoms with E-state index in [2.05, 4.69) is 194 Å². The zero-order chi connectivity index (χ0) is 40.7. The minimum absolute atomic E-state index is 0.911. The Morgan fingerprint density at radius 3 is 1.19 bits per heavy atom. The van der Waals surface area contributed by atoms with E-state index in [0.717, 1.165) is 104 Å². The van der Waals surface area contributed by atoms with Crippen molar-refractivity contribution in [3.63, 3.8) is 0 Å². The van der Waals surface area contributed by atoms with Crippen LogP contribution < -0.4 is 0 Å². The van der Waals surface area contributed by atoms with E-state index in [-0.39, 0.29) is 0 Å². The van der Waals surface area contributed by atoms with Gasteiger partial charge >= 0.3 is 0 Å². The third-order valence-corrected chi connectivity index (χ3v) is 12.6. The van der Waals surface area contributed by atoms with Crippen LogP contribution in [0.2, 0.25) is 0 Å². The van der Waals surface area contributed by atoms with Crippen LogP contribution in [-0.4, -0.2) is 19.9 Å². The first-order chi connectivity index (χ1) is 30.7. The molecule has 0 aliphatic heterocycles. The molecule has 4 heteroatoms. The molecule has 0 bridgehead atoms. The second-order valence-electron chi connectivity index (χ2n) is 16.2. The van der Waals surface area contributed by atoms with E-state index in [4.69, 9.17) is 19.9 Å². The van der Waals surface area contributed by atoms with Crippen LogP contribution >= 0.6 is 0 Å². The largest absolute Gasteiger partial charge is 0.254 e. The van der Waals surface area contributed by atoms with Gasteiger partial charge < -0.3 is 0 Å². The highest BCUT2D eigenvalue weighted by molar-refractivity contribution is 6.21. The van der Waals surface area contributed by atoms with Crippen LogP contribution in [0.4, 0.5) is 0 Å². The topological polar surface area (TPSA) is 51.6 Å². The van der Waals surface area contributed by atoms with E-state index in [1.807, 2.05) is 12.3 Å². The van der Waals surface area contributed by atoms with Crippen LogP contribution in [0.25, 0.3) is 132 Å². The highest BCUT2D eigenvalue weighted by Crippen LogP contribution is 2.44. The molecule has 0 fully saturated rings. The third-order valence-electron chi connectivity index (χ3n) is 12.6. The minimum atomic E-state index is 0.911. The molecular weight excluding hydrogens is 753 g/mol. The molecule has 0 saturated carbocycles. The summed E-state index contributed by atoms with van der Waals surface area (Å²) in [5.41, 5.74) is 12.3.